The molecule has 0 radical (unpaired) electrons. The van der Waals surface area contributed by atoms with Gasteiger partial charge in [0.15, 0.2) is 0 Å². The van der Waals surface area contributed by atoms with E-state index in [0.717, 1.165) is 6.42 Å². The second kappa shape index (κ2) is 6.59. The van der Waals surface area contributed by atoms with E-state index in [9.17, 15) is 4.79 Å². The Bertz CT molecular complexity index is 89.3. The molecule has 1 unspecified atom stereocenters. The Morgan fingerprint density at radius 2 is 2.10 bits per heavy atom. The van der Waals surface area contributed by atoms with Crippen LogP contribution in [0.1, 0.15) is 34.1 Å². The summed E-state index contributed by atoms with van der Waals surface area (Å²) in [7, 11) is 1.42. The number of ether oxygens (including phenoxy) is 1. The van der Waals surface area contributed by atoms with Crippen LogP contribution in [0.25, 0.3) is 0 Å². The standard InChI is InChI=1S/C7H14O2.CH4/c1-4-6(2)5-7(8)9-3;/h6H,4-5H2,1-3H3;1H4. The lowest BCUT2D eigenvalue weighted by atomic mass is 10.1. The molecular weight excluding hydrogens is 128 g/mol. The van der Waals surface area contributed by atoms with Gasteiger partial charge in [0.05, 0.1) is 7.11 Å². The monoisotopic (exact) mass is 146 g/mol. The summed E-state index contributed by atoms with van der Waals surface area (Å²) in [5, 5.41) is 0. The molecule has 10 heavy (non-hydrogen) atoms. The van der Waals surface area contributed by atoms with Crippen LogP contribution in [0.5, 0.6) is 0 Å². The summed E-state index contributed by atoms with van der Waals surface area (Å²) in [4.78, 5) is 10.6. The van der Waals surface area contributed by atoms with Gasteiger partial charge in [-0.2, -0.15) is 0 Å². The summed E-state index contributed by atoms with van der Waals surface area (Å²) in [5.41, 5.74) is 0. The largest absolute Gasteiger partial charge is 0.469 e. The van der Waals surface area contributed by atoms with Crippen molar-refractivity contribution in [3.05, 3.63) is 0 Å². The summed E-state index contributed by atoms with van der Waals surface area (Å²) in [6, 6.07) is 0. The summed E-state index contributed by atoms with van der Waals surface area (Å²) in [5.74, 6) is 0.349. The zero-order chi connectivity index (χ0) is 7.28. The number of hydrogen-bond acceptors (Lipinski definition) is 2. The molecule has 0 fully saturated rings. The van der Waals surface area contributed by atoms with E-state index in [2.05, 4.69) is 11.7 Å². The molecule has 0 aliphatic heterocycles. The molecule has 0 aromatic rings. The normalized spacial score (nSPS) is 11.5. The maximum Gasteiger partial charge on any atom is 0.305 e. The maximum atomic E-state index is 10.6. The van der Waals surface area contributed by atoms with Crippen molar-refractivity contribution in [3.8, 4) is 0 Å². The highest BCUT2D eigenvalue weighted by molar-refractivity contribution is 5.69. The van der Waals surface area contributed by atoms with Crippen LogP contribution >= 0.6 is 0 Å². The molecule has 0 aliphatic carbocycles. The van der Waals surface area contributed by atoms with Crippen molar-refractivity contribution in [1.82, 2.24) is 0 Å². The van der Waals surface area contributed by atoms with E-state index in [0.29, 0.717) is 12.3 Å². The van der Waals surface area contributed by atoms with E-state index in [1.54, 1.807) is 0 Å². The summed E-state index contributed by atoms with van der Waals surface area (Å²) in [6.07, 6.45) is 1.59. The van der Waals surface area contributed by atoms with Gasteiger partial charge in [0.1, 0.15) is 0 Å². The molecule has 0 N–H and O–H groups in total. The smallest absolute Gasteiger partial charge is 0.305 e. The Balaban J connectivity index is 0. The van der Waals surface area contributed by atoms with Crippen LogP contribution < -0.4 is 0 Å². The number of esters is 1. The van der Waals surface area contributed by atoms with Gasteiger partial charge < -0.3 is 4.74 Å². The molecule has 0 rings (SSSR count). The van der Waals surface area contributed by atoms with Gasteiger partial charge >= 0.3 is 5.97 Å². The van der Waals surface area contributed by atoms with Crippen LogP contribution in [0.3, 0.4) is 0 Å². The van der Waals surface area contributed by atoms with E-state index >= 15 is 0 Å². The number of carbonyl (C=O) groups excluding carboxylic acids is 1. The fraction of sp³-hybridized carbons (Fsp3) is 0.875. The van der Waals surface area contributed by atoms with Gasteiger partial charge in [-0.1, -0.05) is 27.7 Å². The van der Waals surface area contributed by atoms with Crippen molar-refractivity contribution in [2.24, 2.45) is 5.92 Å². The van der Waals surface area contributed by atoms with Crippen molar-refractivity contribution >= 4 is 5.97 Å². The first-order valence-electron chi connectivity index (χ1n) is 3.27. The number of carbonyl (C=O) groups is 1. The van der Waals surface area contributed by atoms with Crippen LogP contribution in [0.15, 0.2) is 0 Å². The summed E-state index contributed by atoms with van der Waals surface area (Å²) in [6.45, 7) is 4.10. The third-order valence-corrected chi connectivity index (χ3v) is 1.44. The molecule has 0 amide bonds. The maximum absolute atomic E-state index is 10.6. The van der Waals surface area contributed by atoms with E-state index in [-0.39, 0.29) is 13.4 Å². The lowest BCUT2D eigenvalue weighted by Gasteiger charge is -2.04. The zero-order valence-electron chi connectivity index (χ0n) is 6.31. The fourth-order valence-electron chi connectivity index (χ4n) is 0.512. The number of hydrogen-bond donors (Lipinski definition) is 0. The predicted octanol–water partition coefficient (Wildman–Crippen LogP) is 2.23. The van der Waals surface area contributed by atoms with Gasteiger partial charge in [-0.3, -0.25) is 4.79 Å². The van der Waals surface area contributed by atoms with Crippen LogP contribution in [-0.2, 0) is 9.53 Å². The lowest BCUT2D eigenvalue weighted by Crippen LogP contribution is -2.05. The second-order valence-corrected chi connectivity index (χ2v) is 2.29. The van der Waals surface area contributed by atoms with E-state index in [1.165, 1.54) is 7.11 Å². The predicted molar refractivity (Wildman–Crippen MR) is 42.8 cm³/mol. The van der Waals surface area contributed by atoms with Crippen molar-refractivity contribution in [2.75, 3.05) is 7.11 Å². The van der Waals surface area contributed by atoms with E-state index in [1.807, 2.05) is 6.92 Å². The topological polar surface area (TPSA) is 26.3 Å². The third-order valence-electron chi connectivity index (χ3n) is 1.44. The molecule has 0 aromatic carbocycles. The quantitative estimate of drug-likeness (QED) is 0.571. The molecular formula is C8H18O2. The van der Waals surface area contributed by atoms with Gasteiger partial charge in [0, 0.05) is 6.42 Å². The first kappa shape index (κ1) is 12.2. The van der Waals surface area contributed by atoms with Gasteiger partial charge in [-0.05, 0) is 5.92 Å². The molecule has 0 saturated heterocycles. The lowest BCUT2D eigenvalue weighted by molar-refractivity contribution is -0.141. The van der Waals surface area contributed by atoms with Gasteiger partial charge in [0.25, 0.3) is 0 Å². The highest BCUT2D eigenvalue weighted by Crippen LogP contribution is 2.06. The highest BCUT2D eigenvalue weighted by Gasteiger charge is 2.05. The first-order chi connectivity index (χ1) is 4.20. The molecule has 0 aliphatic rings. The second-order valence-electron chi connectivity index (χ2n) is 2.29. The van der Waals surface area contributed by atoms with E-state index in [4.69, 9.17) is 0 Å². The Hall–Kier alpha value is -0.530. The third kappa shape index (κ3) is 5.60. The Morgan fingerprint density at radius 3 is 2.40 bits per heavy atom. The molecule has 0 aromatic heterocycles. The van der Waals surface area contributed by atoms with Gasteiger partial charge in [-0.25, -0.2) is 0 Å². The highest BCUT2D eigenvalue weighted by atomic mass is 16.5. The summed E-state index contributed by atoms with van der Waals surface area (Å²) >= 11 is 0. The van der Waals surface area contributed by atoms with Crippen LogP contribution in [0, 0.1) is 5.92 Å². The molecule has 0 heterocycles. The number of methoxy groups -OCH3 is 1. The van der Waals surface area contributed by atoms with Crippen LogP contribution in [-0.4, -0.2) is 13.1 Å². The van der Waals surface area contributed by atoms with E-state index < -0.39 is 0 Å². The average Bonchev–Trinajstić information content (AvgIpc) is 1.87. The Morgan fingerprint density at radius 1 is 1.60 bits per heavy atom. The molecule has 0 bridgehead atoms. The zero-order valence-corrected chi connectivity index (χ0v) is 6.31. The minimum atomic E-state index is -0.107. The number of rotatable bonds is 3. The van der Waals surface area contributed by atoms with Crippen LogP contribution in [0.2, 0.25) is 0 Å². The molecule has 0 spiro atoms. The first-order valence-corrected chi connectivity index (χ1v) is 3.27. The fourth-order valence-corrected chi connectivity index (χ4v) is 0.512. The van der Waals surface area contributed by atoms with Crippen molar-refractivity contribution in [2.45, 2.75) is 34.1 Å². The summed E-state index contributed by atoms with van der Waals surface area (Å²) < 4.78 is 4.48. The molecule has 0 saturated carbocycles. The van der Waals surface area contributed by atoms with Crippen molar-refractivity contribution in [1.29, 1.82) is 0 Å². The molecule has 2 heteroatoms. The minimum Gasteiger partial charge on any atom is -0.469 e. The molecule has 1 atom stereocenters. The molecule has 62 valence electrons. The van der Waals surface area contributed by atoms with Crippen LogP contribution in [0.4, 0.5) is 0 Å². The van der Waals surface area contributed by atoms with Crippen molar-refractivity contribution in [3.63, 3.8) is 0 Å². The average molecular weight is 146 g/mol. The van der Waals surface area contributed by atoms with Gasteiger partial charge in [0.2, 0.25) is 0 Å². The van der Waals surface area contributed by atoms with Gasteiger partial charge in [-0.15, -0.1) is 0 Å². The minimum absolute atomic E-state index is 0. The SMILES string of the molecule is C.CCC(C)CC(=O)OC. The Labute approximate surface area is 63.6 Å². The van der Waals surface area contributed by atoms with Crippen molar-refractivity contribution < 1.29 is 9.53 Å². The molecule has 2 nitrogen and oxygen atoms in total. The Kier molecular flexibility index (Phi) is 8.02.